The van der Waals surface area contributed by atoms with Gasteiger partial charge in [0.15, 0.2) is 0 Å². The molecule has 0 spiro atoms. The van der Waals surface area contributed by atoms with Gasteiger partial charge in [0.05, 0.1) is 31.7 Å². The van der Waals surface area contributed by atoms with Gasteiger partial charge in [0, 0.05) is 12.1 Å². The lowest BCUT2D eigenvalue weighted by Crippen LogP contribution is -2.57. The Labute approximate surface area is 163 Å². The van der Waals surface area contributed by atoms with Crippen molar-refractivity contribution in [3.63, 3.8) is 0 Å². The molecule has 4 atom stereocenters. The van der Waals surface area contributed by atoms with E-state index >= 15 is 0 Å². The van der Waals surface area contributed by atoms with Crippen LogP contribution in [0.4, 0.5) is 0 Å². The summed E-state index contributed by atoms with van der Waals surface area (Å²) in [5.74, 6) is 0. The van der Waals surface area contributed by atoms with E-state index in [2.05, 4.69) is 28.7 Å². The van der Waals surface area contributed by atoms with Gasteiger partial charge in [-0.3, -0.25) is 4.90 Å². The fourth-order valence-corrected chi connectivity index (χ4v) is 5.00. The van der Waals surface area contributed by atoms with Crippen molar-refractivity contribution in [1.29, 1.82) is 0 Å². The molecule has 0 amide bonds. The van der Waals surface area contributed by atoms with E-state index in [1.54, 1.807) is 0 Å². The third kappa shape index (κ3) is 5.99. The van der Waals surface area contributed by atoms with Gasteiger partial charge < -0.3 is 9.47 Å². The first-order valence-corrected chi connectivity index (χ1v) is 11.8. The largest absolute Gasteiger partial charge is 0.374 e. The SMILES string of the molecule is CCN1CCC[C@H](NS(C)(=O)=O)C1CO[C@@H]1CC[C@H](c2ccccc2)OC1. The number of ether oxygens (including phenoxy) is 2. The summed E-state index contributed by atoms with van der Waals surface area (Å²) in [6.07, 6.45) is 5.22. The predicted molar refractivity (Wildman–Crippen MR) is 106 cm³/mol. The van der Waals surface area contributed by atoms with Crippen LogP contribution in [0.5, 0.6) is 0 Å². The molecule has 1 N–H and O–H groups in total. The first-order chi connectivity index (χ1) is 13.0. The molecule has 2 aliphatic heterocycles. The van der Waals surface area contributed by atoms with Crippen molar-refractivity contribution in [1.82, 2.24) is 9.62 Å². The number of sulfonamides is 1. The van der Waals surface area contributed by atoms with Crippen LogP contribution < -0.4 is 4.72 Å². The van der Waals surface area contributed by atoms with Crippen LogP contribution in [-0.2, 0) is 19.5 Å². The molecule has 2 aliphatic rings. The quantitative estimate of drug-likeness (QED) is 0.766. The van der Waals surface area contributed by atoms with Crippen LogP contribution in [0.15, 0.2) is 30.3 Å². The smallest absolute Gasteiger partial charge is 0.209 e. The Morgan fingerprint density at radius 1 is 1.22 bits per heavy atom. The summed E-state index contributed by atoms with van der Waals surface area (Å²) in [6.45, 7) is 5.12. The number of nitrogens with one attached hydrogen (secondary N) is 1. The molecule has 152 valence electrons. The van der Waals surface area contributed by atoms with Crippen LogP contribution in [0.1, 0.15) is 44.3 Å². The molecule has 2 saturated heterocycles. The van der Waals surface area contributed by atoms with Crippen molar-refractivity contribution in [2.45, 2.75) is 56.9 Å². The average molecular weight is 397 g/mol. The lowest BCUT2D eigenvalue weighted by molar-refractivity contribution is -0.101. The highest BCUT2D eigenvalue weighted by Gasteiger charge is 2.33. The van der Waals surface area contributed by atoms with Crippen molar-refractivity contribution in [3.05, 3.63) is 35.9 Å². The fourth-order valence-electron chi connectivity index (χ4n) is 4.18. The maximum atomic E-state index is 11.7. The van der Waals surface area contributed by atoms with E-state index in [0.717, 1.165) is 38.8 Å². The third-order valence-corrected chi connectivity index (χ3v) is 6.30. The van der Waals surface area contributed by atoms with Gasteiger partial charge in [0.25, 0.3) is 0 Å². The van der Waals surface area contributed by atoms with Crippen LogP contribution in [0.2, 0.25) is 0 Å². The highest BCUT2D eigenvalue weighted by atomic mass is 32.2. The number of hydrogen-bond acceptors (Lipinski definition) is 5. The summed E-state index contributed by atoms with van der Waals surface area (Å²) in [4.78, 5) is 2.32. The second kappa shape index (κ2) is 9.47. The zero-order valence-corrected chi connectivity index (χ0v) is 17.2. The minimum Gasteiger partial charge on any atom is -0.374 e. The second-order valence-electron chi connectivity index (χ2n) is 7.60. The molecule has 0 bridgehead atoms. The minimum atomic E-state index is -3.23. The monoisotopic (exact) mass is 396 g/mol. The molecule has 0 saturated carbocycles. The Morgan fingerprint density at radius 2 is 2.00 bits per heavy atom. The van der Waals surface area contributed by atoms with Gasteiger partial charge in [-0.15, -0.1) is 0 Å². The molecule has 6 nitrogen and oxygen atoms in total. The summed E-state index contributed by atoms with van der Waals surface area (Å²) in [7, 11) is -3.23. The molecule has 0 aliphatic carbocycles. The minimum absolute atomic E-state index is 0.0736. The van der Waals surface area contributed by atoms with Crippen molar-refractivity contribution < 1.29 is 17.9 Å². The summed E-state index contributed by atoms with van der Waals surface area (Å²) in [5, 5.41) is 0. The molecule has 27 heavy (non-hydrogen) atoms. The zero-order chi connectivity index (χ0) is 19.3. The van der Waals surface area contributed by atoms with Gasteiger partial charge in [-0.2, -0.15) is 0 Å². The molecular formula is C20H32N2O4S. The number of benzene rings is 1. The molecule has 1 aromatic carbocycles. The first-order valence-electron chi connectivity index (χ1n) is 9.95. The van der Waals surface area contributed by atoms with E-state index in [9.17, 15) is 8.42 Å². The van der Waals surface area contributed by atoms with Crippen LogP contribution in [0, 0.1) is 0 Å². The molecule has 7 heteroatoms. The molecule has 0 aromatic heterocycles. The Bertz CT molecular complexity index is 674. The number of rotatable bonds is 7. The van der Waals surface area contributed by atoms with E-state index in [0.29, 0.717) is 13.2 Å². The van der Waals surface area contributed by atoms with Gasteiger partial charge in [0.2, 0.25) is 10.0 Å². The third-order valence-electron chi connectivity index (χ3n) is 5.57. The van der Waals surface area contributed by atoms with E-state index in [4.69, 9.17) is 9.47 Å². The maximum absolute atomic E-state index is 11.7. The van der Waals surface area contributed by atoms with Crippen LogP contribution in [0.25, 0.3) is 0 Å². The van der Waals surface area contributed by atoms with E-state index in [1.165, 1.54) is 11.8 Å². The predicted octanol–water partition coefficient (Wildman–Crippen LogP) is 2.33. The Hall–Kier alpha value is -0.990. The molecule has 3 rings (SSSR count). The van der Waals surface area contributed by atoms with Gasteiger partial charge in [-0.1, -0.05) is 37.3 Å². The fraction of sp³-hybridized carbons (Fsp3) is 0.700. The Balaban J connectivity index is 1.53. The number of nitrogens with zero attached hydrogens (tertiary/aromatic N) is 1. The van der Waals surface area contributed by atoms with E-state index in [1.807, 2.05) is 18.2 Å². The molecular weight excluding hydrogens is 364 g/mol. The Morgan fingerprint density at radius 3 is 2.63 bits per heavy atom. The summed E-state index contributed by atoms with van der Waals surface area (Å²) >= 11 is 0. The highest BCUT2D eigenvalue weighted by molar-refractivity contribution is 7.88. The van der Waals surface area contributed by atoms with Crippen molar-refractivity contribution >= 4 is 10.0 Å². The maximum Gasteiger partial charge on any atom is 0.209 e. The molecule has 0 radical (unpaired) electrons. The normalized spacial score (nSPS) is 30.3. The van der Waals surface area contributed by atoms with Gasteiger partial charge in [-0.25, -0.2) is 13.1 Å². The number of likely N-dealkylation sites (tertiary alicyclic amines) is 1. The van der Waals surface area contributed by atoms with Crippen LogP contribution in [-0.4, -0.2) is 64.1 Å². The zero-order valence-electron chi connectivity index (χ0n) is 16.3. The second-order valence-corrected chi connectivity index (χ2v) is 9.38. The number of likely N-dealkylation sites (N-methyl/N-ethyl adjacent to an activating group) is 1. The van der Waals surface area contributed by atoms with Crippen molar-refractivity contribution in [2.24, 2.45) is 0 Å². The van der Waals surface area contributed by atoms with Crippen molar-refractivity contribution in [3.8, 4) is 0 Å². The van der Waals surface area contributed by atoms with Crippen LogP contribution in [0.3, 0.4) is 0 Å². The van der Waals surface area contributed by atoms with Gasteiger partial charge in [0.1, 0.15) is 0 Å². The lowest BCUT2D eigenvalue weighted by Gasteiger charge is -2.41. The van der Waals surface area contributed by atoms with Crippen molar-refractivity contribution in [2.75, 3.05) is 32.6 Å². The molecule has 1 unspecified atom stereocenters. The highest BCUT2D eigenvalue weighted by Crippen LogP contribution is 2.29. The van der Waals surface area contributed by atoms with Gasteiger partial charge >= 0.3 is 0 Å². The summed E-state index contributed by atoms with van der Waals surface area (Å²) in [6, 6.07) is 10.3. The topological polar surface area (TPSA) is 67.9 Å². The molecule has 1 aromatic rings. The van der Waals surface area contributed by atoms with E-state index in [-0.39, 0.29) is 24.3 Å². The first kappa shape index (κ1) is 20.7. The molecule has 2 fully saturated rings. The number of piperidine rings is 1. The standard InChI is InChI=1S/C20H32N2O4S/c1-3-22-13-7-10-18(21-27(2,23)24)19(22)15-25-17-11-12-20(26-14-17)16-8-5-4-6-9-16/h4-6,8-9,17-21H,3,7,10-15H2,1-2H3/t17-,18+,19?,20-/m1/s1. The molecule has 2 heterocycles. The number of hydrogen-bond donors (Lipinski definition) is 1. The van der Waals surface area contributed by atoms with Crippen LogP contribution >= 0.6 is 0 Å². The van der Waals surface area contributed by atoms with Gasteiger partial charge in [-0.05, 0) is 44.3 Å². The Kier molecular flexibility index (Phi) is 7.28. The lowest BCUT2D eigenvalue weighted by atomic mass is 9.97. The van der Waals surface area contributed by atoms with E-state index < -0.39 is 10.0 Å². The summed E-state index contributed by atoms with van der Waals surface area (Å²) in [5.41, 5.74) is 1.22. The summed E-state index contributed by atoms with van der Waals surface area (Å²) < 4.78 is 38.5. The average Bonchev–Trinajstić information content (AvgIpc) is 2.66.